The van der Waals surface area contributed by atoms with Gasteiger partial charge in [0.2, 0.25) is 0 Å². The molecule has 1 aromatic heterocycles. The molecule has 2 rings (SSSR count). The third-order valence-electron chi connectivity index (χ3n) is 2.31. The Morgan fingerprint density at radius 3 is 2.85 bits per heavy atom. The van der Waals surface area contributed by atoms with E-state index in [9.17, 15) is 0 Å². The number of aromatic nitrogens is 2. The van der Waals surface area contributed by atoms with E-state index in [0.717, 1.165) is 24.4 Å². The summed E-state index contributed by atoms with van der Waals surface area (Å²) in [7, 11) is 0. The monoisotopic (exact) mass is 197 g/mol. The summed E-state index contributed by atoms with van der Waals surface area (Å²) < 4.78 is 0. The van der Waals surface area contributed by atoms with Gasteiger partial charge in [0.05, 0.1) is 5.54 Å². The summed E-state index contributed by atoms with van der Waals surface area (Å²) >= 11 is 5.84. The molecule has 1 saturated carbocycles. The van der Waals surface area contributed by atoms with E-state index in [2.05, 4.69) is 15.3 Å². The van der Waals surface area contributed by atoms with Gasteiger partial charge in [0.25, 0.3) is 0 Å². The average molecular weight is 198 g/mol. The summed E-state index contributed by atoms with van der Waals surface area (Å²) in [6.07, 6.45) is 3.85. The number of hydrogen-bond donors (Lipinski definition) is 1. The summed E-state index contributed by atoms with van der Waals surface area (Å²) in [5.41, 5.74) is 1.09. The number of nitrogens with one attached hydrogen (secondary N) is 1. The zero-order valence-corrected chi connectivity index (χ0v) is 8.30. The highest BCUT2D eigenvalue weighted by molar-refractivity contribution is 6.19. The van der Waals surface area contributed by atoms with Crippen LogP contribution in [-0.4, -0.2) is 21.4 Å². The molecule has 0 aliphatic heterocycles. The molecule has 13 heavy (non-hydrogen) atoms. The van der Waals surface area contributed by atoms with Crippen LogP contribution >= 0.6 is 11.6 Å². The summed E-state index contributed by atoms with van der Waals surface area (Å²) in [5, 5.41) is 3.34. The molecule has 0 radical (unpaired) electrons. The largest absolute Gasteiger partial charge is 0.363 e. The van der Waals surface area contributed by atoms with E-state index >= 15 is 0 Å². The molecule has 0 aromatic carbocycles. The molecule has 1 N–H and O–H groups in total. The molecule has 1 aliphatic rings. The number of aryl methyl sites for hydroxylation is 1. The second kappa shape index (κ2) is 3.14. The second-order valence-corrected chi connectivity index (χ2v) is 3.85. The lowest BCUT2D eigenvalue weighted by atomic mass is 10.3. The van der Waals surface area contributed by atoms with Crippen LogP contribution in [0, 0.1) is 6.92 Å². The summed E-state index contributed by atoms with van der Waals surface area (Å²) in [4.78, 5) is 8.16. The second-order valence-electron chi connectivity index (χ2n) is 3.58. The first-order valence-corrected chi connectivity index (χ1v) is 4.90. The first-order valence-electron chi connectivity index (χ1n) is 4.37. The number of halogens is 1. The zero-order valence-electron chi connectivity index (χ0n) is 7.55. The van der Waals surface area contributed by atoms with Crippen LogP contribution in [0.5, 0.6) is 0 Å². The summed E-state index contributed by atoms with van der Waals surface area (Å²) in [6.45, 7) is 1.95. The van der Waals surface area contributed by atoms with E-state index in [1.807, 2.05) is 13.0 Å². The first kappa shape index (κ1) is 8.75. The lowest BCUT2D eigenvalue weighted by Crippen LogP contribution is -2.23. The van der Waals surface area contributed by atoms with Crippen molar-refractivity contribution >= 4 is 17.4 Å². The van der Waals surface area contributed by atoms with Crippen LogP contribution in [0.4, 0.5) is 5.82 Å². The van der Waals surface area contributed by atoms with Crippen LogP contribution < -0.4 is 5.32 Å². The molecular formula is C9H12ClN3. The van der Waals surface area contributed by atoms with Crippen LogP contribution in [0.1, 0.15) is 18.5 Å². The molecule has 0 atom stereocenters. The predicted molar refractivity (Wildman–Crippen MR) is 53.1 cm³/mol. The number of anilines is 1. The average Bonchev–Trinajstić information content (AvgIpc) is 2.86. The molecule has 1 aliphatic carbocycles. The topological polar surface area (TPSA) is 37.8 Å². The van der Waals surface area contributed by atoms with Gasteiger partial charge < -0.3 is 5.32 Å². The molecule has 1 fully saturated rings. The number of nitrogens with zero attached hydrogens (tertiary/aromatic N) is 2. The van der Waals surface area contributed by atoms with Gasteiger partial charge in [0, 0.05) is 17.6 Å². The molecule has 70 valence electrons. The van der Waals surface area contributed by atoms with Gasteiger partial charge in [-0.2, -0.15) is 0 Å². The van der Waals surface area contributed by atoms with Crippen LogP contribution in [0.3, 0.4) is 0 Å². The summed E-state index contributed by atoms with van der Waals surface area (Å²) in [6, 6.07) is 1.94. The van der Waals surface area contributed by atoms with Gasteiger partial charge >= 0.3 is 0 Å². The van der Waals surface area contributed by atoms with Gasteiger partial charge in [-0.15, -0.1) is 11.6 Å². The Morgan fingerprint density at radius 1 is 1.54 bits per heavy atom. The Kier molecular flexibility index (Phi) is 2.12. The van der Waals surface area contributed by atoms with Crippen LogP contribution in [0.2, 0.25) is 0 Å². The van der Waals surface area contributed by atoms with Crippen molar-refractivity contribution in [2.24, 2.45) is 0 Å². The third-order valence-corrected chi connectivity index (χ3v) is 2.82. The Hall–Kier alpha value is -0.830. The van der Waals surface area contributed by atoms with Gasteiger partial charge in [-0.25, -0.2) is 9.97 Å². The van der Waals surface area contributed by atoms with E-state index in [1.54, 1.807) is 6.33 Å². The fraction of sp³-hybridized carbons (Fsp3) is 0.556. The molecule has 0 saturated heterocycles. The van der Waals surface area contributed by atoms with E-state index in [4.69, 9.17) is 11.6 Å². The minimum atomic E-state index is 0.113. The fourth-order valence-electron chi connectivity index (χ4n) is 1.24. The van der Waals surface area contributed by atoms with Crippen LogP contribution in [-0.2, 0) is 0 Å². The zero-order chi connectivity index (χ0) is 9.31. The standard InChI is InChI=1S/C9H12ClN3/c1-7-4-8(12-6-11-7)13-9(5-10)2-3-9/h4,6H,2-3,5H2,1H3,(H,11,12,13). The molecule has 3 nitrogen and oxygen atoms in total. The third kappa shape index (κ3) is 1.91. The Bertz CT molecular complexity index is 309. The molecule has 0 amide bonds. The lowest BCUT2D eigenvalue weighted by Gasteiger charge is -2.14. The molecule has 0 spiro atoms. The van der Waals surface area contributed by atoms with E-state index in [-0.39, 0.29) is 5.54 Å². The number of rotatable bonds is 3. The number of hydrogen-bond acceptors (Lipinski definition) is 3. The van der Waals surface area contributed by atoms with E-state index < -0.39 is 0 Å². The van der Waals surface area contributed by atoms with Crippen LogP contribution in [0.15, 0.2) is 12.4 Å². The first-order chi connectivity index (χ1) is 6.24. The Morgan fingerprint density at radius 2 is 2.31 bits per heavy atom. The van der Waals surface area contributed by atoms with Crippen LogP contribution in [0.25, 0.3) is 0 Å². The van der Waals surface area contributed by atoms with Crippen molar-refractivity contribution in [3.8, 4) is 0 Å². The molecular weight excluding hydrogens is 186 g/mol. The van der Waals surface area contributed by atoms with Gasteiger partial charge in [0.1, 0.15) is 12.1 Å². The highest BCUT2D eigenvalue weighted by Gasteiger charge is 2.42. The van der Waals surface area contributed by atoms with Crippen molar-refractivity contribution in [2.75, 3.05) is 11.2 Å². The maximum atomic E-state index is 5.84. The van der Waals surface area contributed by atoms with E-state index in [1.165, 1.54) is 0 Å². The van der Waals surface area contributed by atoms with Crippen molar-refractivity contribution in [1.29, 1.82) is 0 Å². The smallest absolute Gasteiger partial charge is 0.130 e. The fourth-order valence-corrected chi connectivity index (χ4v) is 1.57. The predicted octanol–water partition coefficient (Wildman–Crippen LogP) is 1.97. The maximum absolute atomic E-state index is 5.84. The molecule has 0 unspecified atom stereocenters. The van der Waals surface area contributed by atoms with Crippen molar-refractivity contribution < 1.29 is 0 Å². The number of alkyl halides is 1. The normalized spacial score (nSPS) is 18.3. The minimum absolute atomic E-state index is 0.113. The Labute approximate surface area is 82.5 Å². The molecule has 0 bridgehead atoms. The van der Waals surface area contributed by atoms with Gasteiger partial charge in [-0.1, -0.05) is 0 Å². The van der Waals surface area contributed by atoms with Gasteiger partial charge in [-0.05, 0) is 19.8 Å². The van der Waals surface area contributed by atoms with Gasteiger partial charge in [-0.3, -0.25) is 0 Å². The van der Waals surface area contributed by atoms with Gasteiger partial charge in [0.15, 0.2) is 0 Å². The van der Waals surface area contributed by atoms with Crippen molar-refractivity contribution in [3.05, 3.63) is 18.1 Å². The SMILES string of the molecule is Cc1cc(NC2(CCl)CC2)ncn1. The minimum Gasteiger partial charge on any atom is -0.363 e. The molecule has 1 aromatic rings. The van der Waals surface area contributed by atoms with Crippen molar-refractivity contribution in [3.63, 3.8) is 0 Å². The summed E-state index contributed by atoms with van der Waals surface area (Å²) in [5.74, 6) is 1.53. The molecule has 1 heterocycles. The van der Waals surface area contributed by atoms with Crippen molar-refractivity contribution in [2.45, 2.75) is 25.3 Å². The van der Waals surface area contributed by atoms with E-state index in [0.29, 0.717) is 5.88 Å². The maximum Gasteiger partial charge on any atom is 0.130 e. The Balaban J connectivity index is 2.09. The highest BCUT2D eigenvalue weighted by atomic mass is 35.5. The highest BCUT2D eigenvalue weighted by Crippen LogP contribution is 2.39. The quantitative estimate of drug-likeness (QED) is 0.753. The molecule has 4 heteroatoms. The van der Waals surface area contributed by atoms with Crippen molar-refractivity contribution in [1.82, 2.24) is 9.97 Å². The lowest BCUT2D eigenvalue weighted by molar-refractivity contribution is 0.826.